The largest absolute Gasteiger partial charge is 0.456 e. The first-order valence-corrected chi connectivity index (χ1v) is 9.60. The van der Waals surface area contributed by atoms with Crippen LogP contribution in [0.3, 0.4) is 0 Å². The Hall–Kier alpha value is 0.270. The normalized spacial score (nSPS) is 10.2. The van der Waals surface area contributed by atoms with Crippen LogP contribution >= 0.6 is 91.0 Å². The van der Waals surface area contributed by atoms with Crippen molar-refractivity contribution in [2.45, 2.75) is 6.92 Å². The first-order valence-electron chi connectivity index (χ1n) is 5.61. The summed E-state index contributed by atoms with van der Waals surface area (Å²) in [6.07, 6.45) is 0. The summed E-state index contributed by atoms with van der Waals surface area (Å²) in [5, 5.41) is 0.921. The van der Waals surface area contributed by atoms with Crippen molar-refractivity contribution in [1.82, 2.24) is 0 Å². The minimum Gasteiger partial charge on any atom is -0.456 e. The monoisotopic (exact) mass is 695 g/mol. The van der Waals surface area contributed by atoms with Crippen molar-refractivity contribution in [1.29, 1.82) is 0 Å². The van der Waals surface area contributed by atoms with Crippen LogP contribution in [0, 0.1) is 10.7 Å². The summed E-state index contributed by atoms with van der Waals surface area (Å²) in [7, 11) is 0. The lowest BCUT2D eigenvalue weighted by molar-refractivity contribution is -0.144. The number of carbonyl (C=O) groups excluding carboxylic acids is 4. The van der Waals surface area contributed by atoms with Crippen LogP contribution in [0.15, 0.2) is 0 Å². The Balaban J connectivity index is 3.42. The maximum Gasteiger partial charge on any atom is 0.303 e. The maximum atomic E-state index is 11.8. The molecule has 1 amide bonds. The number of esters is 1. The Bertz CT molecular complexity index is 682. The quantitative estimate of drug-likeness (QED) is 0.288. The van der Waals surface area contributed by atoms with E-state index in [-0.39, 0.29) is 16.8 Å². The van der Waals surface area contributed by atoms with E-state index in [0.717, 1.165) is 0 Å². The predicted octanol–water partition coefficient (Wildman–Crippen LogP) is 3.76. The standard InChI is InChI=1S/C12H6Cl2I3NO5/c1-3(19)23-2-4(20)18-10-8(16)5(11(13)21)7(15)6(9(10)17)12(14)22/h2H2,1H3,(H,18,20). The fraction of sp³-hybridized carbons (Fsp3) is 0.167. The molecule has 0 bridgehead atoms. The number of rotatable bonds is 5. The Labute approximate surface area is 181 Å². The minimum absolute atomic E-state index is 0.0695. The highest BCUT2D eigenvalue weighted by Gasteiger charge is 2.27. The van der Waals surface area contributed by atoms with Crippen molar-refractivity contribution in [2.24, 2.45) is 0 Å². The Morgan fingerprint density at radius 2 is 1.39 bits per heavy atom. The molecule has 1 aromatic carbocycles. The third kappa shape index (κ3) is 5.37. The van der Waals surface area contributed by atoms with E-state index in [9.17, 15) is 19.2 Å². The number of hydrogen-bond donors (Lipinski definition) is 1. The molecule has 124 valence electrons. The second kappa shape index (κ2) is 9.10. The summed E-state index contributed by atoms with van der Waals surface area (Å²) in [6, 6.07) is 0. The molecule has 0 aromatic heterocycles. The molecule has 0 aliphatic heterocycles. The molecule has 0 saturated heterocycles. The fourth-order valence-corrected chi connectivity index (χ4v) is 6.89. The molecule has 1 N–H and O–H groups in total. The Morgan fingerprint density at radius 3 is 1.74 bits per heavy atom. The van der Waals surface area contributed by atoms with Gasteiger partial charge in [-0.2, -0.15) is 0 Å². The van der Waals surface area contributed by atoms with Gasteiger partial charge in [0.2, 0.25) is 0 Å². The highest BCUT2D eigenvalue weighted by Crippen LogP contribution is 2.37. The van der Waals surface area contributed by atoms with Gasteiger partial charge in [-0.3, -0.25) is 19.2 Å². The lowest BCUT2D eigenvalue weighted by Crippen LogP contribution is -2.22. The van der Waals surface area contributed by atoms with Crippen molar-refractivity contribution < 1.29 is 23.9 Å². The van der Waals surface area contributed by atoms with E-state index in [2.05, 4.69) is 10.1 Å². The average Bonchev–Trinajstić information content (AvgIpc) is 2.40. The molecule has 0 heterocycles. The van der Waals surface area contributed by atoms with Gasteiger partial charge >= 0.3 is 5.97 Å². The van der Waals surface area contributed by atoms with Gasteiger partial charge in [-0.1, -0.05) is 0 Å². The van der Waals surface area contributed by atoms with Crippen LogP contribution in [-0.2, 0) is 14.3 Å². The smallest absolute Gasteiger partial charge is 0.303 e. The zero-order chi connectivity index (χ0) is 17.9. The first-order chi connectivity index (χ1) is 10.6. The van der Waals surface area contributed by atoms with E-state index in [1.54, 1.807) is 22.6 Å². The van der Waals surface area contributed by atoms with Crippen molar-refractivity contribution in [3.05, 3.63) is 21.8 Å². The van der Waals surface area contributed by atoms with E-state index >= 15 is 0 Å². The number of ether oxygens (including phenoxy) is 1. The molecule has 0 spiro atoms. The summed E-state index contributed by atoms with van der Waals surface area (Å²) in [6.45, 7) is 0.669. The average molecular weight is 696 g/mol. The highest BCUT2D eigenvalue weighted by atomic mass is 127. The zero-order valence-corrected chi connectivity index (χ0v) is 19.1. The van der Waals surface area contributed by atoms with Gasteiger partial charge in [0, 0.05) is 10.5 Å². The molecule has 0 atom stereocenters. The molecule has 1 rings (SSSR count). The number of anilines is 1. The number of halogens is 5. The number of hydrogen-bond acceptors (Lipinski definition) is 5. The van der Waals surface area contributed by atoms with Gasteiger partial charge in [-0.25, -0.2) is 0 Å². The minimum atomic E-state index is -0.787. The molecule has 0 saturated carbocycles. The van der Waals surface area contributed by atoms with Crippen LogP contribution in [0.1, 0.15) is 27.6 Å². The van der Waals surface area contributed by atoms with Crippen LogP contribution in [0.25, 0.3) is 0 Å². The summed E-state index contributed by atoms with van der Waals surface area (Å²) in [5.74, 6) is -1.24. The van der Waals surface area contributed by atoms with Crippen molar-refractivity contribution in [3.63, 3.8) is 0 Å². The summed E-state index contributed by atoms with van der Waals surface area (Å²) >= 11 is 16.6. The summed E-state index contributed by atoms with van der Waals surface area (Å²) in [5.41, 5.74) is 0.344. The number of nitrogens with one attached hydrogen (secondary N) is 1. The Kier molecular flexibility index (Phi) is 8.43. The third-order valence-electron chi connectivity index (χ3n) is 2.38. The SMILES string of the molecule is CC(=O)OCC(=O)Nc1c(I)c(C(=O)Cl)c(I)c(C(=O)Cl)c1I. The molecule has 11 heteroatoms. The van der Waals surface area contributed by atoms with Crippen molar-refractivity contribution >= 4 is 119 Å². The maximum absolute atomic E-state index is 11.8. The molecular formula is C12H6Cl2I3NO5. The van der Waals surface area contributed by atoms with Crippen molar-refractivity contribution in [2.75, 3.05) is 11.9 Å². The number of benzene rings is 1. The van der Waals surface area contributed by atoms with Gasteiger partial charge in [0.15, 0.2) is 6.61 Å². The zero-order valence-electron chi connectivity index (χ0n) is 11.1. The fourth-order valence-electron chi connectivity index (χ4n) is 1.46. The summed E-state index contributed by atoms with van der Waals surface area (Å²) < 4.78 is 5.60. The van der Waals surface area contributed by atoms with Crippen LogP contribution in [0.2, 0.25) is 0 Å². The first kappa shape index (κ1) is 21.3. The number of carbonyl (C=O) groups is 4. The molecule has 0 unspecified atom stereocenters. The molecular weight excluding hydrogens is 690 g/mol. The second-order valence-electron chi connectivity index (χ2n) is 3.94. The van der Waals surface area contributed by atoms with Crippen molar-refractivity contribution in [3.8, 4) is 0 Å². The van der Waals surface area contributed by atoms with E-state index in [1.165, 1.54) is 6.92 Å². The lowest BCUT2D eigenvalue weighted by Gasteiger charge is -2.16. The molecule has 0 aliphatic rings. The van der Waals surface area contributed by atoms with E-state index in [0.29, 0.717) is 10.7 Å². The van der Waals surface area contributed by atoms with E-state index in [1.807, 2.05) is 45.2 Å². The van der Waals surface area contributed by atoms with Crippen LogP contribution in [0.5, 0.6) is 0 Å². The van der Waals surface area contributed by atoms with Gasteiger partial charge in [0.25, 0.3) is 16.4 Å². The van der Waals surface area contributed by atoms with Gasteiger partial charge < -0.3 is 10.1 Å². The van der Waals surface area contributed by atoms with Gasteiger partial charge in [-0.15, -0.1) is 0 Å². The predicted molar refractivity (Wildman–Crippen MR) is 110 cm³/mol. The van der Waals surface area contributed by atoms with Crippen LogP contribution in [-0.4, -0.2) is 29.0 Å². The number of amides is 1. The highest BCUT2D eigenvalue weighted by molar-refractivity contribution is 14.1. The van der Waals surface area contributed by atoms with Gasteiger partial charge in [-0.05, 0) is 91.0 Å². The molecule has 6 nitrogen and oxygen atoms in total. The lowest BCUT2D eigenvalue weighted by atomic mass is 10.1. The molecule has 0 radical (unpaired) electrons. The van der Waals surface area contributed by atoms with Gasteiger partial charge in [0.1, 0.15) is 0 Å². The third-order valence-corrected chi connectivity index (χ3v) is 6.00. The molecule has 0 fully saturated rings. The van der Waals surface area contributed by atoms with Crippen LogP contribution in [0.4, 0.5) is 5.69 Å². The van der Waals surface area contributed by atoms with Gasteiger partial charge in [0.05, 0.1) is 24.0 Å². The Morgan fingerprint density at radius 1 is 0.957 bits per heavy atom. The molecule has 0 aliphatic carbocycles. The molecule has 23 heavy (non-hydrogen) atoms. The van der Waals surface area contributed by atoms with Crippen LogP contribution < -0.4 is 5.32 Å². The van der Waals surface area contributed by atoms with E-state index < -0.39 is 29.0 Å². The molecule has 1 aromatic rings. The topological polar surface area (TPSA) is 89.5 Å². The van der Waals surface area contributed by atoms with E-state index in [4.69, 9.17) is 23.2 Å². The summed E-state index contributed by atoms with van der Waals surface area (Å²) in [4.78, 5) is 45.9. The second-order valence-corrected chi connectivity index (χ2v) is 7.87.